The average Bonchev–Trinajstić information content (AvgIpc) is 2.81. The van der Waals surface area contributed by atoms with Crippen LogP contribution in [0.15, 0.2) is 41.7 Å². The van der Waals surface area contributed by atoms with Crippen molar-refractivity contribution in [1.29, 1.82) is 0 Å². The Morgan fingerprint density at radius 1 is 1.22 bits per heavy atom. The van der Waals surface area contributed by atoms with E-state index >= 15 is 0 Å². The zero-order valence-corrected chi connectivity index (χ0v) is 22.2. The summed E-state index contributed by atoms with van der Waals surface area (Å²) in [5.74, 6) is 0.535. The van der Waals surface area contributed by atoms with Gasteiger partial charge in [-0.25, -0.2) is 19.1 Å². The van der Waals surface area contributed by atoms with Crippen LogP contribution >= 0.6 is 23.2 Å². The van der Waals surface area contributed by atoms with Crippen LogP contribution in [0.4, 0.5) is 10.6 Å². The minimum atomic E-state index is -0.973. The predicted molar refractivity (Wildman–Crippen MR) is 144 cm³/mol. The van der Waals surface area contributed by atoms with Crippen molar-refractivity contribution in [1.82, 2.24) is 19.4 Å². The highest BCUT2D eigenvalue weighted by Gasteiger charge is 2.34. The third kappa shape index (κ3) is 4.55. The van der Waals surface area contributed by atoms with Crippen LogP contribution in [-0.4, -0.2) is 55.8 Å². The van der Waals surface area contributed by atoms with Crippen LogP contribution in [0.2, 0.25) is 10.2 Å². The summed E-state index contributed by atoms with van der Waals surface area (Å²) in [5, 5.41) is 10.4. The molecule has 4 rings (SSSR count). The lowest BCUT2D eigenvalue weighted by Gasteiger charge is -2.43. The van der Waals surface area contributed by atoms with Crippen molar-refractivity contribution in [2.24, 2.45) is 0 Å². The van der Waals surface area contributed by atoms with Crippen molar-refractivity contribution in [3.05, 3.63) is 68.7 Å². The van der Waals surface area contributed by atoms with Gasteiger partial charge in [-0.1, -0.05) is 61.3 Å². The lowest BCUT2D eigenvalue weighted by Crippen LogP contribution is -2.58. The third-order valence-electron chi connectivity index (χ3n) is 6.62. The number of para-hydroxylation sites is 1. The van der Waals surface area contributed by atoms with Crippen molar-refractivity contribution in [3.63, 3.8) is 0 Å². The number of amides is 1. The number of anilines is 1. The van der Waals surface area contributed by atoms with Gasteiger partial charge in [-0.2, -0.15) is 4.98 Å². The van der Waals surface area contributed by atoms with Gasteiger partial charge in [0, 0.05) is 25.2 Å². The van der Waals surface area contributed by atoms with Crippen molar-refractivity contribution in [2.75, 3.05) is 18.0 Å². The molecular weight excluding hydrogens is 501 g/mol. The maximum atomic E-state index is 13.8. The van der Waals surface area contributed by atoms with E-state index in [0.29, 0.717) is 35.5 Å². The van der Waals surface area contributed by atoms with Gasteiger partial charge in [0.15, 0.2) is 5.65 Å². The summed E-state index contributed by atoms with van der Waals surface area (Å²) in [7, 11) is 0. The fourth-order valence-electron chi connectivity index (χ4n) is 4.86. The summed E-state index contributed by atoms with van der Waals surface area (Å²) in [6, 6.07) is 7.07. The fraction of sp³-hybridized carbons (Fsp3) is 0.385. The smallest absolute Gasteiger partial charge is 0.407 e. The first kappa shape index (κ1) is 26.0. The number of piperazine rings is 1. The third-order valence-corrected chi connectivity index (χ3v) is 7.30. The summed E-state index contributed by atoms with van der Waals surface area (Å²) < 4.78 is 1.51. The van der Waals surface area contributed by atoms with Crippen molar-refractivity contribution >= 4 is 46.1 Å². The molecule has 2 atom stereocenters. The molecule has 1 saturated heterocycles. The first-order valence-corrected chi connectivity index (χ1v) is 12.6. The second kappa shape index (κ2) is 10.1. The van der Waals surface area contributed by atoms with Crippen LogP contribution < -0.4 is 10.6 Å². The second-order valence-corrected chi connectivity index (χ2v) is 10.2. The Hall–Kier alpha value is -3.10. The number of allylic oxidation sites excluding steroid dienone is 1. The molecule has 0 radical (unpaired) electrons. The Kier molecular flexibility index (Phi) is 7.29. The Balaban J connectivity index is 2.03. The summed E-state index contributed by atoms with van der Waals surface area (Å²) in [6.07, 6.45) is 1.37. The average molecular weight is 530 g/mol. The lowest BCUT2D eigenvalue weighted by molar-refractivity contribution is 0.114. The molecule has 1 N–H and O–H groups in total. The van der Waals surface area contributed by atoms with E-state index in [0.717, 1.165) is 11.1 Å². The maximum Gasteiger partial charge on any atom is 0.407 e. The number of pyridine rings is 1. The van der Waals surface area contributed by atoms with Gasteiger partial charge in [0.1, 0.15) is 11.0 Å². The Bertz CT molecular complexity index is 1400. The molecule has 10 heteroatoms. The molecule has 1 fully saturated rings. The number of benzene rings is 1. The van der Waals surface area contributed by atoms with E-state index in [1.165, 1.54) is 9.47 Å². The number of halogens is 2. The van der Waals surface area contributed by atoms with Gasteiger partial charge >= 0.3 is 11.8 Å². The number of hydrogen-bond acceptors (Lipinski definition) is 5. The molecular formula is C26H29Cl2N5O3. The molecule has 36 heavy (non-hydrogen) atoms. The number of rotatable bonds is 5. The molecule has 1 aliphatic heterocycles. The van der Waals surface area contributed by atoms with Gasteiger partial charge in [0.2, 0.25) is 0 Å². The molecule has 1 aromatic carbocycles. The number of nitrogens with zero attached hydrogens (tertiary/aromatic N) is 5. The summed E-state index contributed by atoms with van der Waals surface area (Å²) >= 11 is 12.8. The number of hydrogen-bond donors (Lipinski definition) is 1. The number of carbonyl (C=O) groups is 1. The van der Waals surface area contributed by atoms with Crippen LogP contribution in [-0.2, 0) is 6.42 Å². The highest BCUT2D eigenvalue weighted by molar-refractivity contribution is 6.41. The number of carboxylic acid groups (broad SMARTS) is 1. The van der Waals surface area contributed by atoms with Crippen molar-refractivity contribution < 1.29 is 9.90 Å². The van der Waals surface area contributed by atoms with Crippen LogP contribution in [0, 0.1) is 0 Å². The highest BCUT2D eigenvalue weighted by atomic mass is 35.5. The SMILES string of the molecule is C=CCc1cccc(C(C)C)c1-n1c(=O)nc(N2C[C@@H](C)N(C(=O)O)C[C@@H]2C)c2cc(Cl)c(Cl)nc21. The van der Waals surface area contributed by atoms with E-state index in [-0.39, 0.29) is 34.7 Å². The molecule has 1 amide bonds. The molecule has 190 valence electrons. The molecule has 3 heterocycles. The van der Waals surface area contributed by atoms with Gasteiger partial charge in [0.05, 0.1) is 16.1 Å². The van der Waals surface area contributed by atoms with E-state index in [2.05, 4.69) is 30.4 Å². The summed E-state index contributed by atoms with van der Waals surface area (Å²) in [4.78, 5) is 37.9. The summed E-state index contributed by atoms with van der Waals surface area (Å²) in [5.41, 5.74) is 2.45. The molecule has 2 aromatic heterocycles. The molecule has 0 unspecified atom stereocenters. The standard InChI is InChI=1S/C26H29Cl2N5O3/c1-6-8-17-9-7-10-18(14(2)3)21(17)33-24-19(11-20(27)22(28)29-24)23(30-25(33)34)31-12-16(5)32(26(35)36)13-15(31)4/h6-7,9-11,14-16H,1,8,12-13H2,2-5H3,(H,35,36)/t15-,16+/m0/s1. The largest absolute Gasteiger partial charge is 0.465 e. The van der Waals surface area contributed by atoms with Crippen LogP contribution in [0.1, 0.15) is 44.7 Å². The summed E-state index contributed by atoms with van der Waals surface area (Å²) in [6.45, 7) is 12.4. The molecule has 3 aromatic rings. The minimum absolute atomic E-state index is 0.0823. The fourth-order valence-corrected chi connectivity index (χ4v) is 5.15. The second-order valence-electron chi connectivity index (χ2n) is 9.47. The van der Waals surface area contributed by atoms with Crippen LogP contribution in [0.5, 0.6) is 0 Å². The van der Waals surface area contributed by atoms with Gasteiger partial charge in [-0.3, -0.25) is 0 Å². The van der Waals surface area contributed by atoms with Crippen molar-refractivity contribution in [2.45, 2.75) is 52.1 Å². The quantitative estimate of drug-likeness (QED) is 0.345. The Morgan fingerprint density at radius 2 is 1.94 bits per heavy atom. The molecule has 8 nitrogen and oxygen atoms in total. The zero-order chi connectivity index (χ0) is 26.3. The van der Waals surface area contributed by atoms with E-state index in [1.54, 1.807) is 12.1 Å². The van der Waals surface area contributed by atoms with Gasteiger partial charge < -0.3 is 14.9 Å². The molecule has 0 saturated carbocycles. The minimum Gasteiger partial charge on any atom is -0.465 e. The normalized spacial score (nSPS) is 18.2. The molecule has 0 bridgehead atoms. The van der Waals surface area contributed by atoms with Gasteiger partial charge in [0.25, 0.3) is 0 Å². The topological polar surface area (TPSA) is 91.6 Å². The van der Waals surface area contributed by atoms with Crippen LogP contribution in [0.3, 0.4) is 0 Å². The van der Waals surface area contributed by atoms with E-state index in [4.69, 9.17) is 23.2 Å². The highest BCUT2D eigenvalue weighted by Crippen LogP contribution is 2.35. The van der Waals surface area contributed by atoms with E-state index in [1.807, 2.05) is 36.9 Å². The zero-order valence-electron chi connectivity index (χ0n) is 20.7. The lowest BCUT2D eigenvalue weighted by atomic mass is 9.96. The monoisotopic (exact) mass is 529 g/mol. The molecule has 0 aliphatic carbocycles. The first-order chi connectivity index (χ1) is 17.0. The van der Waals surface area contributed by atoms with Gasteiger partial charge in [-0.05, 0) is 43.4 Å². The molecule has 1 aliphatic rings. The van der Waals surface area contributed by atoms with E-state index in [9.17, 15) is 14.7 Å². The number of fused-ring (bicyclic) bond motifs is 1. The number of aromatic nitrogens is 3. The van der Waals surface area contributed by atoms with E-state index < -0.39 is 11.8 Å². The van der Waals surface area contributed by atoms with Gasteiger partial charge in [-0.15, -0.1) is 6.58 Å². The first-order valence-electron chi connectivity index (χ1n) is 11.8. The van der Waals surface area contributed by atoms with Crippen molar-refractivity contribution in [3.8, 4) is 5.69 Å². The Labute approximate surface area is 219 Å². The Morgan fingerprint density at radius 3 is 2.58 bits per heavy atom. The maximum absolute atomic E-state index is 13.8. The van der Waals surface area contributed by atoms with Crippen LogP contribution in [0.25, 0.3) is 16.7 Å². The molecule has 0 spiro atoms. The predicted octanol–water partition coefficient (Wildman–Crippen LogP) is 5.52.